The van der Waals surface area contributed by atoms with Crippen molar-refractivity contribution in [3.05, 3.63) is 23.8 Å². The lowest BCUT2D eigenvalue weighted by molar-refractivity contribution is -0.192. The average molecular weight is 399 g/mol. The smallest absolute Gasteiger partial charge is 0.475 e. The molecule has 3 rings (SSSR count). The van der Waals surface area contributed by atoms with Crippen molar-refractivity contribution in [1.82, 2.24) is 24.7 Å². The Balaban J connectivity index is 0.000000345. The number of carboxylic acid groups (broad SMARTS) is 1. The number of rotatable bonds is 3. The molecule has 3 aromatic rings. The zero-order valence-corrected chi connectivity index (χ0v) is 15.4. The molecule has 0 aliphatic rings. The number of anilines is 1. The molecule has 12 heteroatoms. The Morgan fingerprint density at radius 2 is 1.96 bits per heavy atom. The van der Waals surface area contributed by atoms with Crippen LogP contribution in [0.3, 0.4) is 0 Å². The van der Waals surface area contributed by atoms with E-state index in [1.165, 1.54) is 6.33 Å². The number of nitrogens with two attached hydrogens (primary N) is 2. The van der Waals surface area contributed by atoms with E-state index in [2.05, 4.69) is 38.6 Å². The molecular weight excluding hydrogens is 379 g/mol. The van der Waals surface area contributed by atoms with Gasteiger partial charge in [-0.15, -0.1) is 0 Å². The van der Waals surface area contributed by atoms with Crippen molar-refractivity contribution in [3.63, 3.8) is 0 Å². The summed E-state index contributed by atoms with van der Waals surface area (Å²) in [5.41, 5.74) is 16.6. The molecule has 0 saturated heterocycles. The normalized spacial score (nSPS) is 11.6. The van der Waals surface area contributed by atoms with E-state index < -0.39 is 12.1 Å². The van der Waals surface area contributed by atoms with Crippen LogP contribution in [-0.4, -0.2) is 42.0 Å². The monoisotopic (exact) mass is 399 g/mol. The molecule has 0 aromatic carbocycles. The predicted octanol–water partition coefficient (Wildman–Crippen LogP) is 2.38. The number of nitrogens with zero attached hydrogens (tertiary/aromatic N) is 4. The van der Waals surface area contributed by atoms with Crippen LogP contribution in [0.1, 0.15) is 31.3 Å². The highest BCUT2D eigenvalue weighted by molar-refractivity contribution is 6.01. The fraction of sp³-hybridized carbons (Fsp3) is 0.375. The lowest BCUT2D eigenvalue weighted by Gasteiger charge is -2.13. The SMILES string of the molecule is Cc1cc(-c2c(CN)n(C(C)C)c3ncnc(N)c23)n[nH]1.O=C(O)C(F)(F)F. The second-order valence-electron chi connectivity index (χ2n) is 6.19. The standard InChI is InChI=1S/C14H19N7.C2HF3O2/c1-7(2)21-10(5-15)11(9-4-8(3)19-20-9)12-13(16)17-6-18-14(12)21;3-2(4,5)1(6)7/h4,6-7H,5,15H2,1-3H3,(H,19,20)(H2,16,17,18);(H,6,7). The van der Waals surface area contributed by atoms with E-state index in [4.69, 9.17) is 21.4 Å². The third-order valence-corrected chi connectivity index (χ3v) is 3.83. The van der Waals surface area contributed by atoms with E-state index in [9.17, 15) is 13.2 Å². The highest BCUT2D eigenvalue weighted by atomic mass is 19.4. The van der Waals surface area contributed by atoms with Crippen LogP contribution in [0.25, 0.3) is 22.3 Å². The van der Waals surface area contributed by atoms with Gasteiger partial charge in [-0.25, -0.2) is 14.8 Å². The third kappa shape index (κ3) is 4.06. The molecular formula is C16H20F3N7O2. The number of aromatic amines is 1. The van der Waals surface area contributed by atoms with Gasteiger partial charge in [-0.2, -0.15) is 18.3 Å². The Kier molecular flexibility index (Phi) is 5.92. The summed E-state index contributed by atoms with van der Waals surface area (Å²) in [4.78, 5) is 17.4. The molecule has 0 radical (unpaired) electrons. The number of nitrogen functional groups attached to an aromatic ring is 1. The van der Waals surface area contributed by atoms with Crippen molar-refractivity contribution in [2.75, 3.05) is 5.73 Å². The van der Waals surface area contributed by atoms with Gasteiger partial charge in [0.25, 0.3) is 0 Å². The van der Waals surface area contributed by atoms with Gasteiger partial charge in [0.1, 0.15) is 17.8 Å². The summed E-state index contributed by atoms with van der Waals surface area (Å²) in [5, 5.41) is 15.3. The second-order valence-corrected chi connectivity index (χ2v) is 6.19. The van der Waals surface area contributed by atoms with Crippen molar-refractivity contribution in [1.29, 1.82) is 0 Å². The molecule has 6 N–H and O–H groups in total. The Morgan fingerprint density at radius 1 is 1.36 bits per heavy atom. The number of hydrogen-bond acceptors (Lipinski definition) is 6. The fourth-order valence-electron chi connectivity index (χ4n) is 2.78. The van der Waals surface area contributed by atoms with E-state index in [0.717, 1.165) is 33.7 Å². The number of aryl methyl sites for hydroxylation is 1. The molecule has 0 atom stereocenters. The van der Waals surface area contributed by atoms with Crippen molar-refractivity contribution in [3.8, 4) is 11.3 Å². The van der Waals surface area contributed by atoms with Gasteiger partial charge in [0.2, 0.25) is 0 Å². The summed E-state index contributed by atoms with van der Waals surface area (Å²) in [6, 6.07) is 2.19. The summed E-state index contributed by atoms with van der Waals surface area (Å²) < 4.78 is 33.8. The van der Waals surface area contributed by atoms with Gasteiger partial charge in [0.05, 0.1) is 11.1 Å². The molecule has 3 heterocycles. The first-order valence-corrected chi connectivity index (χ1v) is 8.14. The van der Waals surface area contributed by atoms with Gasteiger partial charge in [-0.05, 0) is 26.8 Å². The molecule has 3 aromatic heterocycles. The molecule has 28 heavy (non-hydrogen) atoms. The maximum Gasteiger partial charge on any atom is 0.490 e. The number of carboxylic acids is 1. The zero-order valence-electron chi connectivity index (χ0n) is 15.4. The summed E-state index contributed by atoms with van der Waals surface area (Å²) >= 11 is 0. The second kappa shape index (κ2) is 7.84. The number of carbonyl (C=O) groups is 1. The first-order valence-electron chi connectivity index (χ1n) is 8.14. The minimum absolute atomic E-state index is 0.217. The molecule has 0 aliphatic heterocycles. The molecule has 0 saturated carbocycles. The molecule has 0 bridgehead atoms. The topological polar surface area (TPSA) is 149 Å². The van der Waals surface area contributed by atoms with Crippen LogP contribution in [0.4, 0.5) is 19.0 Å². The third-order valence-electron chi connectivity index (χ3n) is 3.83. The molecule has 0 amide bonds. The van der Waals surface area contributed by atoms with Gasteiger partial charge in [-0.3, -0.25) is 5.10 Å². The summed E-state index contributed by atoms with van der Waals surface area (Å²) in [6.45, 7) is 6.53. The molecule has 0 fully saturated rings. The summed E-state index contributed by atoms with van der Waals surface area (Å²) in [5.74, 6) is -2.31. The minimum Gasteiger partial charge on any atom is -0.475 e. The number of hydrogen-bond donors (Lipinski definition) is 4. The number of aromatic nitrogens is 5. The maximum atomic E-state index is 10.6. The Morgan fingerprint density at radius 3 is 2.39 bits per heavy atom. The zero-order chi connectivity index (χ0) is 21.2. The molecule has 0 unspecified atom stereocenters. The van der Waals surface area contributed by atoms with E-state index in [1.54, 1.807) is 0 Å². The van der Waals surface area contributed by atoms with Gasteiger partial charge in [0.15, 0.2) is 0 Å². The highest BCUT2D eigenvalue weighted by Gasteiger charge is 2.38. The molecule has 9 nitrogen and oxygen atoms in total. The lowest BCUT2D eigenvalue weighted by Crippen LogP contribution is -2.21. The van der Waals surface area contributed by atoms with Crippen LogP contribution in [0.2, 0.25) is 0 Å². The van der Waals surface area contributed by atoms with Crippen LogP contribution >= 0.6 is 0 Å². The van der Waals surface area contributed by atoms with Crippen molar-refractivity contribution < 1.29 is 23.1 Å². The van der Waals surface area contributed by atoms with Gasteiger partial charge in [-0.1, -0.05) is 0 Å². The highest BCUT2D eigenvalue weighted by Crippen LogP contribution is 2.37. The number of aliphatic carboxylic acids is 1. The number of alkyl halides is 3. The number of fused-ring (bicyclic) bond motifs is 1. The average Bonchev–Trinajstić information content (AvgIpc) is 3.15. The first-order chi connectivity index (χ1) is 13.0. The van der Waals surface area contributed by atoms with Gasteiger partial charge >= 0.3 is 12.1 Å². The maximum absolute atomic E-state index is 10.6. The Labute approximate surface area is 157 Å². The molecule has 152 valence electrons. The van der Waals surface area contributed by atoms with Crippen LogP contribution in [-0.2, 0) is 11.3 Å². The number of H-pyrrole nitrogens is 1. The minimum atomic E-state index is -5.08. The summed E-state index contributed by atoms with van der Waals surface area (Å²) in [6.07, 6.45) is -3.60. The van der Waals surface area contributed by atoms with E-state index in [-0.39, 0.29) is 6.04 Å². The Hall–Kier alpha value is -3.15. The van der Waals surface area contributed by atoms with Gasteiger partial charge in [0, 0.05) is 29.5 Å². The van der Waals surface area contributed by atoms with E-state index >= 15 is 0 Å². The molecule has 0 aliphatic carbocycles. The summed E-state index contributed by atoms with van der Waals surface area (Å²) in [7, 11) is 0. The lowest BCUT2D eigenvalue weighted by atomic mass is 10.1. The number of halogens is 3. The fourth-order valence-corrected chi connectivity index (χ4v) is 2.78. The molecule has 0 spiro atoms. The Bertz CT molecular complexity index is 992. The van der Waals surface area contributed by atoms with Crippen molar-refractivity contribution in [2.45, 2.75) is 39.5 Å². The predicted molar refractivity (Wildman–Crippen MR) is 96.2 cm³/mol. The van der Waals surface area contributed by atoms with Crippen LogP contribution in [0.15, 0.2) is 12.4 Å². The van der Waals surface area contributed by atoms with Crippen LogP contribution in [0, 0.1) is 6.92 Å². The van der Waals surface area contributed by atoms with Crippen LogP contribution < -0.4 is 11.5 Å². The van der Waals surface area contributed by atoms with E-state index in [0.29, 0.717) is 12.4 Å². The van der Waals surface area contributed by atoms with Gasteiger partial charge < -0.3 is 21.1 Å². The largest absolute Gasteiger partial charge is 0.490 e. The van der Waals surface area contributed by atoms with Crippen molar-refractivity contribution in [2.24, 2.45) is 5.73 Å². The quantitative estimate of drug-likeness (QED) is 0.528. The van der Waals surface area contributed by atoms with Crippen LogP contribution in [0.5, 0.6) is 0 Å². The first kappa shape index (κ1) is 21.2. The number of nitrogens with one attached hydrogen (secondary N) is 1. The van der Waals surface area contributed by atoms with Crippen molar-refractivity contribution >= 4 is 22.8 Å². The van der Waals surface area contributed by atoms with E-state index in [1.807, 2.05) is 13.0 Å².